The minimum absolute atomic E-state index is 0.156. The predicted molar refractivity (Wildman–Crippen MR) is 69.8 cm³/mol. The molecule has 2 atom stereocenters. The fourth-order valence-electron chi connectivity index (χ4n) is 2.94. The van der Waals surface area contributed by atoms with E-state index in [1.807, 2.05) is 11.9 Å². The minimum Gasteiger partial charge on any atom is -0.493 e. The fourth-order valence-corrected chi connectivity index (χ4v) is 2.94. The van der Waals surface area contributed by atoms with Gasteiger partial charge in [0.2, 0.25) is 5.91 Å². The quantitative estimate of drug-likeness (QED) is 0.800. The highest BCUT2D eigenvalue weighted by atomic mass is 16.5. The van der Waals surface area contributed by atoms with Crippen molar-refractivity contribution in [2.24, 2.45) is 0 Å². The van der Waals surface area contributed by atoms with Crippen molar-refractivity contribution in [3.05, 3.63) is 29.3 Å². The lowest BCUT2D eigenvalue weighted by molar-refractivity contribution is -0.128. The van der Waals surface area contributed by atoms with Crippen LogP contribution in [0.5, 0.6) is 5.75 Å². The van der Waals surface area contributed by atoms with Crippen LogP contribution in [0.3, 0.4) is 0 Å². The molecule has 1 aromatic carbocycles. The summed E-state index contributed by atoms with van der Waals surface area (Å²) in [5, 5.41) is 0. The van der Waals surface area contributed by atoms with Gasteiger partial charge in [-0.1, -0.05) is 12.1 Å². The summed E-state index contributed by atoms with van der Waals surface area (Å²) in [6.07, 6.45) is 3.30. The Hall–Kier alpha value is -1.51. The third kappa shape index (κ3) is 1.88. The van der Waals surface area contributed by atoms with Crippen molar-refractivity contribution in [3.8, 4) is 5.75 Å². The van der Waals surface area contributed by atoms with Gasteiger partial charge in [-0.2, -0.15) is 0 Å². The monoisotopic (exact) mass is 245 g/mol. The molecule has 0 N–H and O–H groups in total. The number of amides is 1. The highest BCUT2D eigenvalue weighted by Gasteiger charge is 2.43. The summed E-state index contributed by atoms with van der Waals surface area (Å²) in [7, 11) is 1.90. The van der Waals surface area contributed by atoms with Crippen LogP contribution in [0, 0.1) is 0 Å². The van der Waals surface area contributed by atoms with Crippen LogP contribution < -0.4 is 4.74 Å². The standard InChI is InChI=1S/C15H19NO2/c1-10(17)16(2)14-9-13(14)11-5-3-7-15-12(11)6-4-8-18-15/h3,5,7,13-14H,4,6,8-9H2,1-2H3. The number of nitrogens with zero attached hydrogens (tertiary/aromatic N) is 1. The second-order valence-electron chi connectivity index (χ2n) is 5.32. The third-order valence-electron chi connectivity index (χ3n) is 4.15. The lowest BCUT2D eigenvalue weighted by Crippen LogP contribution is -2.27. The number of hydrogen-bond acceptors (Lipinski definition) is 2. The zero-order valence-corrected chi connectivity index (χ0v) is 11.0. The fraction of sp³-hybridized carbons (Fsp3) is 0.533. The predicted octanol–water partition coefficient (Wildman–Crippen LogP) is 2.35. The molecule has 1 amide bonds. The van der Waals surface area contributed by atoms with Crippen LogP contribution >= 0.6 is 0 Å². The molecule has 3 heteroatoms. The molecule has 1 aromatic rings. The summed E-state index contributed by atoms with van der Waals surface area (Å²) in [6, 6.07) is 6.72. The molecule has 1 fully saturated rings. The van der Waals surface area contributed by atoms with Gasteiger partial charge in [-0.15, -0.1) is 0 Å². The molecule has 1 heterocycles. The molecule has 0 aromatic heterocycles. The molecule has 0 bridgehead atoms. The molecule has 3 nitrogen and oxygen atoms in total. The van der Waals surface area contributed by atoms with E-state index in [2.05, 4.69) is 18.2 Å². The van der Waals surface area contributed by atoms with Crippen molar-refractivity contribution < 1.29 is 9.53 Å². The Morgan fingerprint density at radius 3 is 3.06 bits per heavy atom. The van der Waals surface area contributed by atoms with Crippen LogP contribution in [0.1, 0.15) is 36.8 Å². The first kappa shape index (κ1) is 11.6. The highest BCUT2D eigenvalue weighted by molar-refractivity contribution is 5.74. The van der Waals surface area contributed by atoms with E-state index in [0.717, 1.165) is 31.6 Å². The summed E-state index contributed by atoms with van der Waals surface area (Å²) in [5.74, 6) is 1.72. The van der Waals surface area contributed by atoms with Gasteiger partial charge in [-0.3, -0.25) is 4.79 Å². The normalized spacial score (nSPS) is 25.0. The van der Waals surface area contributed by atoms with Crippen molar-refractivity contribution in [3.63, 3.8) is 0 Å². The molecule has 2 unspecified atom stereocenters. The molecule has 18 heavy (non-hydrogen) atoms. The zero-order valence-electron chi connectivity index (χ0n) is 11.0. The van der Waals surface area contributed by atoms with E-state index < -0.39 is 0 Å². The van der Waals surface area contributed by atoms with Crippen molar-refractivity contribution in [2.45, 2.75) is 38.1 Å². The Bertz CT molecular complexity index is 483. The Morgan fingerprint density at radius 1 is 1.44 bits per heavy atom. The van der Waals surface area contributed by atoms with Crippen LogP contribution in [0.15, 0.2) is 18.2 Å². The number of hydrogen-bond donors (Lipinski definition) is 0. The third-order valence-corrected chi connectivity index (χ3v) is 4.15. The average molecular weight is 245 g/mol. The first-order chi connectivity index (χ1) is 8.68. The second-order valence-corrected chi connectivity index (χ2v) is 5.32. The molecule has 96 valence electrons. The first-order valence-electron chi connectivity index (χ1n) is 6.66. The van der Waals surface area contributed by atoms with E-state index in [9.17, 15) is 4.79 Å². The number of carbonyl (C=O) groups is 1. The van der Waals surface area contributed by atoms with E-state index in [1.54, 1.807) is 6.92 Å². The number of carbonyl (C=O) groups excluding carboxylic acids is 1. The maximum absolute atomic E-state index is 11.4. The molecule has 0 radical (unpaired) electrons. The number of fused-ring (bicyclic) bond motifs is 1. The van der Waals surface area contributed by atoms with E-state index in [-0.39, 0.29) is 5.91 Å². The summed E-state index contributed by atoms with van der Waals surface area (Å²) in [5.41, 5.74) is 2.76. The number of rotatable bonds is 2. The molecule has 2 aliphatic rings. The Balaban J connectivity index is 1.84. The van der Waals surface area contributed by atoms with Crippen LogP contribution in [-0.2, 0) is 11.2 Å². The largest absolute Gasteiger partial charge is 0.493 e. The lowest BCUT2D eigenvalue weighted by atomic mass is 9.96. The summed E-state index contributed by atoms with van der Waals surface area (Å²) < 4.78 is 5.70. The Morgan fingerprint density at radius 2 is 2.28 bits per heavy atom. The van der Waals surface area contributed by atoms with Crippen molar-refractivity contribution in [1.82, 2.24) is 4.90 Å². The molecular weight excluding hydrogens is 226 g/mol. The van der Waals surface area contributed by atoms with Crippen LogP contribution in [0.25, 0.3) is 0 Å². The SMILES string of the molecule is CC(=O)N(C)C1CC1c1cccc2c1CCCO2. The highest BCUT2D eigenvalue weighted by Crippen LogP contribution is 2.47. The molecule has 1 aliphatic carbocycles. The number of likely N-dealkylation sites (N-methyl/N-ethyl adjacent to an activating group) is 1. The maximum atomic E-state index is 11.4. The van der Waals surface area contributed by atoms with Gasteiger partial charge in [0.15, 0.2) is 0 Å². The summed E-state index contributed by atoms with van der Waals surface area (Å²) in [6.45, 7) is 2.47. The molecule has 0 spiro atoms. The summed E-state index contributed by atoms with van der Waals surface area (Å²) >= 11 is 0. The van der Waals surface area contributed by atoms with Crippen LogP contribution in [-0.4, -0.2) is 30.5 Å². The minimum atomic E-state index is 0.156. The van der Waals surface area contributed by atoms with Crippen LogP contribution in [0.2, 0.25) is 0 Å². The van der Waals surface area contributed by atoms with Gasteiger partial charge < -0.3 is 9.64 Å². The molecule has 3 rings (SSSR count). The van der Waals surface area contributed by atoms with Gasteiger partial charge in [0, 0.05) is 25.9 Å². The van der Waals surface area contributed by atoms with Crippen LogP contribution in [0.4, 0.5) is 0 Å². The smallest absolute Gasteiger partial charge is 0.219 e. The van der Waals surface area contributed by atoms with Crippen molar-refractivity contribution >= 4 is 5.91 Å². The van der Waals surface area contributed by atoms with Gasteiger partial charge >= 0.3 is 0 Å². The van der Waals surface area contributed by atoms with E-state index in [1.165, 1.54) is 11.1 Å². The van der Waals surface area contributed by atoms with Crippen molar-refractivity contribution in [2.75, 3.05) is 13.7 Å². The van der Waals surface area contributed by atoms with Crippen molar-refractivity contribution in [1.29, 1.82) is 0 Å². The summed E-state index contributed by atoms with van der Waals surface area (Å²) in [4.78, 5) is 13.3. The van der Waals surface area contributed by atoms with E-state index >= 15 is 0 Å². The van der Waals surface area contributed by atoms with Gasteiger partial charge in [0.1, 0.15) is 5.75 Å². The van der Waals surface area contributed by atoms with Gasteiger partial charge in [0.25, 0.3) is 0 Å². The van der Waals surface area contributed by atoms with E-state index in [0.29, 0.717) is 12.0 Å². The molecule has 0 saturated heterocycles. The van der Waals surface area contributed by atoms with Gasteiger partial charge in [0.05, 0.1) is 6.61 Å². The maximum Gasteiger partial charge on any atom is 0.219 e. The zero-order chi connectivity index (χ0) is 12.7. The Labute approximate surface area is 108 Å². The van der Waals surface area contributed by atoms with E-state index in [4.69, 9.17) is 4.74 Å². The lowest BCUT2D eigenvalue weighted by Gasteiger charge is -2.21. The number of benzene rings is 1. The first-order valence-corrected chi connectivity index (χ1v) is 6.66. The molecular formula is C15H19NO2. The average Bonchev–Trinajstić information content (AvgIpc) is 3.17. The number of ether oxygens (including phenoxy) is 1. The van der Waals surface area contributed by atoms with Gasteiger partial charge in [-0.05, 0) is 36.5 Å². The topological polar surface area (TPSA) is 29.5 Å². The molecule has 1 saturated carbocycles. The second kappa shape index (κ2) is 4.30. The van der Waals surface area contributed by atoms with Gasteiger partial charge in [-0.25, -0.2) is 0 Å². The molecule has 1 aliphatic heterocycles. The Kier molecular flexibility index (Phi) is 2.77.